The second-order valence-electron chi connectivity index (χ2n) is 7.14. The summed E-state index contributed by atoms with van der Waals surface area (Å²) in [6.45, 7) is 2.30. The van der Waals surface area contributed by atoms with Crippen molar-refractivity contribution in [2.75, 3.05) is 29.9 Å². The van der Waals surface area contributed by atoms with Gasteiger partial charge < -0.3 is 20.1 Å². The molecule has 2 fully saturated rings. The molecule has 13 heteroatoms. The number of anilines is 2. The quantitative estimate of drug-likeness (QED) is 0.689. The molecule has 4 rings (SSSR count). The van der Waals surface area contributed by atoms with Crippen molar-refractivity contribution in [3.63, 3.8) is 0 Å². The summed E-state index contributed by atoms with van der Waals surface area (Å²) in [6, 6.07) is 1.94. The van der Waals surface area contributed by atoms with Crippen LogP contribution in [0.3, 0.4) is 0 Å². The molecular formula is C18H20F4N6O3. The molecule has 2 aromatic heterocycles. The number of hydrogen-bond acceptors (Lipinski definition) is 8. The molecule has 0 aliphatic carbocycles. The summed E-state index contributed by atoms with van der Waals surface area (Å²) in [7, 11) is 0. The van der Waals surface area contributed by atoms with E-state index in [1.165, 1.54) is 0 Å². The van der Waals surface area contributed by atoms with Gasteiger partial charge in [-0.2, -0.15) is 13.2 Å². The van der Waals surface area contributed by atoms with Gasteiger partial charge in [0.25, 0.3) is 0 Å². The van der Waals surface area contributed by atoms with Crippen molar-refractivity contribution in [1.82, 2.24) is 19.9 Å². The molecule has 2 aliphatic heterocycles. The zero-order valence-electron chi connectivity index (χ0n) is 16.2. The lowest BCUT2D eigenvalue weighted by Gasteiger charge is -2.39. The van der Waals surface area contributed by atoms with E-state index in [1.807, 2.05) is 6.07 Å². The molecule has 2 N–H and O–H groups in total. The van der Waals surface area contributed by atoms with E-state index in [0.717, 1.165) is 50.7 Å². The zero-order valence-corrected chi connectivity index (χ0v) is 16.2. The minimum absolute atomic E-state index is 0.118. The third kappa shape index (κ3) is 6.20. The largest absolute Gasteiger partial charge is 0.490 e. The Morgan fingerprint density at radius 3 is 2.48 bits per heavy atom. The Labute approximate surface area is 174 Å². The number of carbonyl (C=O) groups is 1. The van der Waals surface area contributed by atoms with E-state index in [4.69, 9.17) is 14.6 Å². The predicted octanol–water partition coefficient (Wildman–Crippen LogP) is 2.28. The number of nitrogens with zero attached hydrogens (tertiary/aromatic N) is 5. The van der Waals surface area contributed by atoms with Crippen LogP contribution in [0.25, 0.3) is 0 Å². The Bertz CT molecular complexity index is 871. The highest BCUT2D eigenvalue weighted by Gasteiger charge is 2.44. The van der Waals surface area contributed by atoms with Crippen LogP contribution in [0.2, 0.25) is 0 Å². The Balaban J connectivity index is 0.000000339. The molecule has 0 radical (unpaired) electrons. The average molecular weight is 444 g/mol. The second-order valence-corrected chi connectivity index (χ2v) is 7.14. The molecule has 168 valence electrons. The zero-order chi connectivity index (χ0) is 22.5. The molecule has 31 heavy (non-hydrogen) atoms. The first kappa shape index (κ1) is 22.6. The summed E-state index contributed by atoms with van der Waals surface area (Å²) in [5.41, 5.74) is -0.199. The standard InChI is InChI=1S/C16H19FN6O.C2HF3O2/c17-12-8-20-14(21-9-12)22-13-7-16(24-10-13)3-1-6-23(11-16)15-18-4-2-5-19-15;3-2(4,5)1(6)7/h2,4-5,8-9,13H,1,3,6-7,10-11H2,(H,20,21,22);(H,6,7). The molecule has 2 unspecified atom stereocenters. The van der Waals surface area contributed by atoms with Crippen molar-refractivity contribution in [1.29, 1.82) is 0 Å². The summed E-state index contributed by atoms with van der Waals surface area (Å²) in [5.74, 6) is -2.02. The molecule has 9 nitrogen and oxygen atoms in total. The maximum absolute atomic E-state index is 12.9. The average Bonchev–Trinajstić information content (AvgIpc) is 3.11. The lowest BCUT2D eigenvalue weighted by Crippen LogP contribution is -2.48. The Hall–Kier alpha value is -3.09. The van der Waals surface area contributed by atoms with Gasteiger partial charge in [0.2, 0.25) is 11.9 Å². The van der Waals surface area contributed by atoms with Crippen LogP contribution >= 0.6 is 0 Å². The van der Waals surface area contributed by atoms with Gasteiger partial charge in [-0.05, 0) is 18.9 Å². The maximum atomic E-state index is 12.9. The van der Waals surface area contributed by atoms with Gasteiger partial charge in [0, 0.05) is 31.9 Å². The molecule has 2 aromatic rings. The number of aliphatic carboxylic acids is 1. The minimum atomic E-state index is -5.08. The highest BCUT2D eigenvalue weighted by molar-refractivity contribution is 5.73. The molecule has 2 atom stereocenters. The summed E-state index contributed by atoms with van der Waals surface area (Å²) >= 11 is 0. The van der Waals surface area contributed by atoms with Crippen molar-refractivity contribution in [3.05, 3.63) is 36.7 Å². The highest BCUT2D eigenvalue weighted by atomic mass is 19.4. The number of nitrogens with one attached hydrogen (secondary N) is 1. The number of carboxylic acids is 1. The number of hydrogen-bond donors (Lipinski definition) is 2. The van der Waals surface area contributed by atoms with Crippen LogP contribution in [-0.2, 0) is 9.53 Å². The Morgan fingerprint density at radius 1 is 1.23 bits per heavy atom. The Kier molecular flexibility index (Phi) is 6.83. The van der Waals surface area contributed by atoms with Gasteiger partial charge in [-0.15, -0.1) is 0 Å². The molecule has 0 saturated carbocycles. The molecule has 0 amide bonds. The predicted molar refractivity (Wildman–Crippen MR) is 99.9 cm³/mol. The van der Waals surface area contributed by atoms with Crippen molar-refractivity contribution in [2.45, 2.75) is 37.1 Å². The van der Waals surface area contributed by atoms with Gasteiger partial charge in [0.15, 0.2) is 5.82 Å². The second kappa shape index (κ2) is 9.37. The van der Waals surface area contributed by atoms with Crippen LogP contribution in [0.5, 0.6) is 0 Å². The fraction of sp³-hybridized carbons (Fsp3) is 0.500. The first-order valence-corrected chi connectivity index (χ1v) is 9.37. The minimum Gasteiger partial charge on any atom is -0.475 e. The number of carboxylic acid groups (broad SMARTS) is 1. The lowest BCUT2D eigenvalue weighted by molar-refractivity contribution is -0.192. The van der Waals surface area contributed by atoms with E-state index in [0.29, 0.717) is 12.6 Å². The fourth-order valence-electron chi connectivity index (χ4n) is 3.51. The summed E-state index contributed by atoms with van der Waals surface area (Å²) in [4.78, 5) is 27.7. The van der Waals surface area contributed by atoms with Gasteiger partial charge in [0.05, 0.1) is 30.6 Å². The van der Waals surface area contributed by atoms with Crippen LogP contribution in [0.1, 0.15) is 19.3 Å². The van der Waals surface area contributed by atoms with Crippen LogP contribution in [-0.4, -0.2) is 68.5 Å². The summed E-state index contributed by atoms with van der Waals surface area (Å²) in [6.07, 6.45) is 3.67. The van der Waals surface area contributed by atoms with E-state index in [2.05, 4.69) is 30.2 Å². The van der Waals surface area contributed by atoms with Gasteiger partial charge in [-0.1, -0.05) is 0 Å². The third-order valence-corrected chi connectivity index (χ3v) is 4.78. The highest BCUT2D eigenvalue weighted by Crippen LogP contribution is 2.36. The van der Waals surface area contributed by atoms with Crippen LogP contribution in [0.15, 0.2) is 30.9 Å². The number of halogens is 4. The molecule has 1 spiro atoms. The lowest BCUT2D eigenvalue weighted by atomic mass is 9.89. The van der Waals surface area contributed by atoms with E-state index in [1.54, 1.807) is 12.4 Å². The number of piperidine rings is 1. The molecule has 0 aromatic carbocycles. The van der Waals surface area contributed by atoms with E-state index >= 15 is 0 Å². The third-order valence-electron chi connectivity index (χ3n) is 4.78. The molecular weight excluding hydrogens is 424 g/mol. The van der Waals surface area contributed by atoms with Crippen molar-refractivity contribution in [3.8, 4) is 0 Å². The monoisotopic (exact) mass is 444 g/mol. The number of ether oxygens (including phenoxy) is 1. The first-order valence-electron chi connectivity index (χ1n) is 9.37. The van der Waals surface area contributed by atoms with Gasteiger partial charge in [-0.3, -0.25) is 0 Å². The molecule has 2 saturated heterocycles. The first-order chi connectivity index (χ1) is 14.7. The number of alkyl halides is 3. The van der Waals surface area contributed by atoms with E-state index < -0.39 is 18.0 Å². The number of aromatic nitrogens is 4. The SMILES string of the molecule is Fc1cnc(NC2COC3(CCCN(c4ncccn4)C3)C2)nc1.O=C(O)C(F)(F)F. The molecule has 2 aliphatic rings. The molecule has 0 bridgehead atoms. The maximum Gasteiger partial charge on any atom is 0.490 e. The van der Waals surface area contributed by atoms with Crippen LogP contribution in [0, 0.1) is 5.82 Å². The van der Waals surface area contributed by atoms with E-state index in [9.17, 15) is 17.6 Å². The topological polar surface area (TPSA) is 113 Å². The number of rotatable bonds is 3. The summed E-state index contributed by atoms with van der Waals surface area (Å²) < 4.78 is 50.8. The smallest absolute Gasteiger partial charge is 0.475 e. The van der Waals surface area contributed by atoms with Crippen LogP contribution < -0.4 is 10.2 Å². The normalized spacial score (nSPS) is 23.2. The summed E-state index contributed by atoms with van der Waals surface area (Å²) in [5, 5.41) is 10.4. The van der Waals surface area contributed by atoms with Gasteiger partial charge >= 0.3 is 12.1 Å². The van der Waals surface area contributed by atoms with Gasteiger partial charge in [-0.25, -0.2) is 29.1 Å². The fourth-order valence-corrected chi connectivity index (χ4v) is 3.51. The van der Waals surface area contributed by atoms with Crippen molar-refractivity contribution in [2.24, 2.45) is 0 Å². The van der Waals surface area contributed by atoms with Crippen molar-refractivity contribution >= 4 is 17.9 Å². The van der Waals surface area contributed by atoms with E-state index in [-0.39, 0.29) is 11.6 Å². The van der Waals surface area contributed by atoms with Crippen molar-refractivity contribution < 1.29 is 32.2 Å². The van der Waals surface area contributed by atoms with Gasteiger partial charge in [0.1, 0.15) is 0 Å². The van der Waals surface area contributed by atoms with Crippen LogP contribution in [0.4, 0.5) is 29.5 Å². The Morgan fingerprint density at radius 2 is 1.87 bits per heavy atom. The molecule has 4 heterocycles.